The molecule has 8 aromatic rings. The summed E-state index contributed by atoms with van der Waals surface area (Å²) in [5.41, 5.74) is 8.57. The quantitative estimate of drug-likeness (QED) is 0.127. The Kier molecular flexibility index (Phi) is 15.3. The fourth-order valence-electron chi connectivity index (χ4n) is 7.48. The third-order valence-electron chi connectivity index (χ3n) is 11.3. The first-order valence-corrected chi connectivity index (χ1v) is 24.3. The van der Waals surface area contributed by atoms with Gasteiger partial charge in [0, 0.05) is 64.8 Å². The topological polar surface area (TPSA) is 150 Å². The van der Waals surface area contributed by atoms with E-state index < -0.39 is 17.9 Å². The fraction of sp³-hybridized carbons (Fsp3) is 0.115. The van der Waals surface area contributed by atoms with E-state index in [2.05, 4.69) is 14.9 Å². The van der Waals surface area contributed by atoms with Gasteiger partial charge in [0.15, 0.2) is 0 Å². The minimum Gasteiger partial charge on any atom is -0.478 e. The van der Waals surface area contributed by atoms with Gasteiger partial charge in [0.25, 0.3) is 5.91 Å². The number of hydrogen-bond donors (Lipinski definition) is 2. The van der Waals surface area contributed by atoms with Crippen LogP contribution in [0.2, 0.25) is 20.1 Å². The van der Waals surface area contributed by atoms with Gasteiger partial charge in [0.05, 0.1) is 55.3 Å². The van der Waals surface area contributed by atoms with E-state index >= 15 is 0 Å². The number of rotatable bonds is 10. The number of methoxy groups -OCH3 is 1. The van der Waals surface area contributed by atoms with Crippen LogP contribution in [0.15, 0.2) is 132 Å². The van der Waals surface area contributed by atoms with Gasteiger partial charge in [-0.3, -0.25) is 4.79 Å². The van der Waals surface area contributed by atoms with Crippen molar-refractivity contribution in [3.63, 3.8) is 0 Å². The number of carboxylic acid groups (broad SMARTS) is 2. The predicted molar refractivity (Wildman–Crippen MR) is 276 cm³/mol. The van der Waals surface area contributed by atoms with E-state index in [-0.39, 0.29) is 17.0 Å². The van der Waals surface area contributed by atoms with Crippen molar-refractivity contribution in [3.8, 4) is 65.9 Å². The Labute approximate surface area is 424 Å². The molecule has 0 radical (unpaired) electrons. The number of aromatic nitrogens is 2. The Morgan fingerprint density at radius 3 is 1.41 bits per heavy atom. The number of ether oxygens (including phenoxy) is 1. The first-order valence-electron chi connectivity index (χ1n) is 21.0. The summed E-state index contributed by atoms with van der Waals surface area (Å²) in [7, 11) is 3.36. The van der Waals surface area contributed by atoms with Crippen LogP contribution in [0, 0.1) is 0 Å². The Hall–Kier alpha value is -6.42. The Morgan fingerprint density at radius 1 is 0.522 bits per heavy atom. The van der Waals surface area contributed by atoms with Crippen LogP contribution >= 0.6 is 69.1 Å². The molecule has 3 heterocycles. The number of esters is 1. The monoisotopic (exact) mass is 1030 g/mol. The minimum absolute atomic E-state index is 0.00463. The average Bonchev–Trinajstić information content (AvgIpc) is 4.07. The van der Waals surface area contributed by atoms with E-state index in [0.29, 0.717) is 71.6 Å². The second kappa shape index (κ2) is 21.5. The van der Waals surface area contributed by atoms with Crippen molar-refractivity contribution < 1.29 is 34.1 Å². The summed E-state index contributed by atoms with van der Waals surface area (Å²) in [6, 6.07) is 34.8. The van der Waals surface area contributed by atoms with Crippen molar-refractivity contribution in [2.45, 2.75) is 0 Å². The lowest BCUT2D eigenvalue weighted by molar-refractivity contribution is 0.0599. The molecule has 0 saturated carbocycles. The Balaban J connectivity index is 0.000000188. The highest BCUT2D eigenvalue weighted by molar-refractivity contribution is 7.13. The minimum atomic E-state index is -1.03. The lowest BCUT2D eigenvalue weighted by Crippen LogP contribution is -2.47. The van der Waals surface area contributed by atoms with Gasteiger partial charge in [-0.2, -0.15) is 0 Å². The average molecular weight is 1040 g/mol. The third kappa shape index (κ3) is 11.2. The summed E-state index contributed by atoms with van der Waals surface area (Å²) in [6.45, 7) is 3.11. The number of piperazine rings is 1. The van der Waals surface area contributed by atoms with Gasteiger partial charge in [-0.15, -0.1) is 22.7 Å². The van der Waals surface area contributed by atoms with Gasteiger partial charge >= 0.3 is 17.9 Å². The number of benzene rings is 6. The van der Waals surface area contributed by atoms with Crippen molar-refractivity contribution in [3.05, 3.63) is 174 Å². The summed E-state index contributed by atoms with van der Waals surface area (Å²) >= 11 is 27.1. The van der Waals surface area contributed by atoms with E-state index in [1.54, 1.807) is 84.9 Å². The summed E-state index contributed by atoms with van der Waals surface area (Å²) in [5, 5.41) is 26.1. The van der Waals surface area contributed by atoms with Crippen LogP contribution in [0.5, 0.6) is 0 Å². The number of aromatic carboxylic acids is 2. The van der Waals surface area contributed by atoms with Gasteiger partial charge < -0.3 is 24.7 Å². The highest BCUT2D eigenvalue weighted by atomic mass is 35.5. The zero-order valence-electron chi connectivity index (χ0n) is 36.6. The molecule has 0 aliphatic carbocycles. The van der Waals surface area contributed by atoms with Gasteiger partial charge in [-0.25, -0.2) is 24.4 Å². The third-order valence-corrected chi connectivity index (χ3v) is 14.5. The number of amides is 1. The first kappa shape index (κ1) is 49.0. The number of likely N-dealkylation sites (N-methyl/N-ethyl adjacent to an activating group) is 1. The SMILES string of the molecule is CN1CCN(C(=O)c2ccc(-c3ccc(-c4nc(-c5ccc(Cl)c(Cl)c5)cs4)cc3C(=O)O)cc2)CC1.COC(=O)c1cc(-c2nc(-c3ccc(Cl)c(Cl)c3)cs2)ccc1-c1ccc(C(=O)O)cc1. The number of halogens is 4. The predicted octanol–water partition coefficient (Wildman–Crippen LogP) is 13.5. The maximum absolute atomic E-state index is 12.9. The lowest BCUT2D eigenvalue weighted by Gasteiger charge is -2.32. The van der Waals surface area contributed by atoms with Gasteiger partial charge in [-0.1, -0.05) is 107 Å². The molecule has 69 heavy (non-hydrogen) atoms. The molecular weight excluding hydrogens is 999 g/mol. The van der Waals surface area contributed by atoms with Crippen molar-refractivity contribution in [2.24, 2.45) is 0 Å². The zero-order chi connectivity index (χ0) is 48.9. The number of nitrogens with zero attached hydrogens (tertiary/aromatic N) is 4. The zero-order valence-corrected chi connectivity index (χ0v) is 41.2. The summed E-state index contributed by atoms with van der Waals surface area (Å²) in [5.74, 6) is -2.54. The molecular formula is C52H38Cl4N4O7S2. The molecule has 1 saturated heterocycles. The van der Waals surface area contributed by atoms with Crippen LogP contribution in [0.1, 0.15) is 41.4 Å². The van der Waals surface area contributed by atoms with E-state index in [9.17, 15) is 24.3 Å². The molecule has 1 aliphatic heterocycles. The fourth-order valence-corrected chi connectivity index (χ4v) is 9.73. The van der Waals surface area contributed by atoms with Crippen LogP contribution in [0.4, 0.5) is 0 Å². The van der Waals surface area contributed by atoms with Crippen molar-refractivity contribution in [1.29, 1.82) is 0 Å². The summed E-state index contributed by atoms with van der Waals surface area (Å²) in [4.78, 5) is 62.1. The highest BCUT2D eigenvalue weighted by Gasteiger charge is 2.22. The first-order chi connectivity index (χ1) is 33.2. The number of hydrogen-bond acceptors (Lipinski definition) is 10. The standard InChI is InChI=1S/C28H23Cl2N3O3S.C24H15Cl2NO4S/c1-32-10-12-33(13-11-32)27(34)18-4-2-17(3-5-18)21-8-6-20(14-22(21)28(35)36)26-31-25(16-37-26)19-7-9-23(29)24(30)15-19;1-31-24(30)18-10-16(6-8-17(18)13-2-4-14(5-3-13)23(28)29)22-27-21(12-32-22)15-7-9-19(25)20(26)11-15/h2-9,14-16H,10-13H2,1H3,(H,35,36);2-12H,1H3,(H,28,29). The normalized spacial score (nSPS) is 12.5. The largest absolute Gasteiger partial charge is 0.478 e. The van der Waals surface area contributed by atoms with Gasteiger partial charge in [0.2, 0.25) is 0 Å². The molecule has 2 aromatic heterocycles. The van der Waals surface area contributed by atoms with Crippen molar-refractivity contribution in [2.75, 3.05) is 40.3 Å². The Morgan fingerprint density at radius 2 is 0.957 bits per heavy atom. The molecule has 9 rings (SSSR count). The van der Waals surface area contributed by atoms with Gasteiger partial charge in [0.1, 0.15) is 10.0 Å². The molecule has 1 aliphatic rings. The smallest absolute Gasteiger partial charge is 0.338 e. The molecule has 17 heteroatoms. The maximum atomic E-state index is 12.9. The molecule has 11 nitrogen and oxygen atoms in total. The molecule has 2 N–H and O–H groups in total. The number of carbonyl (C=O) groups is 4. The number of carbonyl (C=O) groups excluding carboxylic acids is 2. The van der Waals surface area contributed by atoms with E-state index in [1.807, 2.05) is 47.0 Å². The molecule has 348 valence electrons. The molecule has 0 bridgehead atoms. The van der Waals surface area contributed by atoms with Crippen LogP contribution in [0.25, 0.3) is 65.9 Å². The van der Waals surface area contributed by atoms with Gasteiger partial charge in [-0.05, 0) is 90.0 Å². The molecule has 1 fully saturated rings. The van der Waals surface area contributed by atoms with E-state index in [4.69, 9.17) is 56.2 Å². The summed E-state index contributed by atoms with van der Waals surface area (Å²) in [6.07, 6.45) is 0. The van der Waals surface area contributed by atoms with E-state index in [0.717, 1.165) is 51.7 Å². The van der Waals surface area contributed by atoms with Crippen molar-refractivity contribution >= 4 is 92.9 Å². The number of carboxylic acids is 2. The second-order valence-corrected chi connectivity index (χ2v) is 19.1. The lowest BCUT2D eigenvalue weighted by atomic mass is 9.96. The second-order valence-electron chi connectivity index (χ2n) is 15.7. The van der Waals surface area contributed by atoms with Crippen molar-refractivity contribution in [1.82, 2.24) is 19.8 Å². The van der Waals surface area contributed by atoms with E-state index in [1.165, 1.54) is 41.9 Å². The summed E-state index contributed by atoms with van der Waals surface area (Å²) < 4.78 is 4.97. The number of thiazole rings is 2. The molecule has 6 aromatic carbocycles. The van der Waals surface area contributed by atoms with Crippen LogP contribution < -0.4 is 0 Å². The molecule has 0 atom stereocenters. The molecule has 1 amide bonds. The van der Waals surface area contributed by atoms with Crippen LogP contribution in [0.3, 0.4) is 0 Å². The van der Waals surface area contributed by atoms with Crippen LogP contribution in [-0.4, -0.2) is 94.1 Å². The molecule has 0 unspecified atom stereocenters. The van der Waals surface area contributed by atoms with Crippen LogP contribution in [-0.2, 0) is 4.74 Å². The molecule has 0 spiro atoms. The highest BCUT2D eigenvalue weighted by Crippen LogP contribution is 2.37. The Bertz CT molecular complexity index is 3240. The maximum Gasteiger partial charge on any atom is 0.338 e.